The van der Waals surface area contributed by atoms with E-state index in [2.05, 4.69) is 50.2 Å². The molecule has 1 aromatic carbocycles. The molecule has 0 bridgehead atoms. The molecule has 1 nitrogen and oxygen atoms in total. The van der Waals surface area contributed by atoms with E-state index in [1.54, 1.807) is 0 Å². The van der Waals surface area contributed by atoms with Crippen molar-refractivity contribution in [3.8, 4) is 0 Å². The summed E-state index contributed by atoms with van der Waals surface area (Å²) in [5, 5.41) is 2.10. The zero-order chi connectivity index (χ0) is 10.8. The SMILES string of the molecule is Cc1cccc2[nH]cc(CSC(C)C)c12. The van der Waals surface area contributed by atoms with Crippen molar-refractivity contribution in [2.75, 3.05) is 0 Å². The molecule has 15 heavy (non-hydrogen) atoms. The third kappa shape index (κ3) is 2.20. The Hall–Kier alpha value is -0.890. The fourth-order valence-corrected chi connectivity index (χ4v) is 2.56. The molecule has 1 aromatic heterocycles. The number of aromatic amines is 1. The predicted octanol–water partition coefficient (Wildman–Crippen LogP) is 4.12. The predicted molar refractivity (Wildman–Crippen MR) is 69.5 cm³/mol. The topological polar surface area (TPSA) is 15.8 Å². The molecule has 1 N–H and O–H groups in total. The quantitative estimate of drug-likeness (QED) is 0.821. The molecule has 2 rings (SSSR count). The van der Waals surface area contributed by atoms with E-state index in [-0.39, 0.29) is 0 Å². The number of fused-ring (bicyclic) bond motifs is 1. The van der Waals surface area contributed by atoms with Gasteiger partial charge in [0.2, 0.25) is 0 Å². The van der Waals surface area contributed by atoms with Gasteiger partial charge in [0.15, 0.2) is 0 Å². The molecule has 2 heteroatoms. The first-order chi connectivity index (χ1) is 7.18. The highest BCUT2D eigenvalue weighted by Crippen LogP contribution is 2.26. The Morgan fingerprint density at radius 1 is 1.33 bits per heavy atom. The number of rotatable bonds is 3. The summed E-state index contributed by atoms with van der Waals surface area (Å²) in [6, 6.07) is 6.43. The van der Waals surface area contributed by atoms with Crippen molar-refractivity contribution in [2.24, 2.45) is 0 Å². The molecule has 0 atom stereocenters. The van der Waals surface area contributed by atoms with Gasteiger partial charge in [-0.1, -0.05) is 26.0 Å². The second-order valence-corrected chi connectivity index (χ2v) is 5.74. The van der Waals surface area contributed by atoms with Gasteiger partial charge in [0.25, 0.3) is 0 Å². The normalized spacial score (nSPS) is 11.5. The third-order valence-corrected chi connectivity index (χ3v) is 3.71. The number of hydrogen-bond acceptors (Lipinski definition) is 1. The fourth-order valence-electron chi connectivity index (χ4n) is 1.82. The highest BCUT2D eigenvalue weighted by atomic mass is 32.2. The van der Waals surface area contributed by atoms with Crippen LogP contribution >= 0.6 is 11.8 Å². The second kappa shape index (κ2) is 4.31. The summed E-state index contributed by atoms with van der Waals surface area (Å²) in [5.41, 5.74) is 4.06. The molecule has 0 saturated carbocycles. The summed E-state index contributed by atoms with van der Waals surface area (Å²) < 4.78 is 0. The molecular formula is C13H17NS. The molecule has 0 aliphatic carbocycles. The zero-order valence-electron chi connectivity index (χ0n) is 9.50. The van der Waals surface area contributed by atoms with E-state index >= 15 is 0 Å². The Labute approximate surface area is 95.3 Å². The van der Waals surface area contributed by atoms with E-state index in [9.17, 15) is 0 Å². The Morgan fingerprint density at radius 3 is 2.87 bits per heavy atom. The van der Waals surface area contributed by atoms with Gasteiger partial charge >= 0.3 is 0 Å². The third-order valence-electron chi connectivity index (χ3n) is 2.57. The van der Waals surface area contributed by atoms with Crippen molar-refractivity contribution in [1.29, 1.82) is 0 Å². The number of thioether (sulfide) groups is 1. The van der Waals surface area contributed by atoms with Crippen LogP contribution in [0.15, 0.2) is 24.4 Å². The van der Waals surface area contributed by atoms with Crippen molar-refractivity contribution >= 4 is 22.7 Å². The van der Waals surface area contributed by atoms with E-state index in [0.717, 1.165) is 5.75 Å². The highest BCUT2D eigenvalue weighted by Gasteiger charge is 2.06. The zero-order valence-corrected chi connectivity index (χ0v) is 10.3. The van der Waals surface area contributed by atoms with Gasteiger partial charge in [0.05, 0.1) is 0 Å². The van der Waals surface area contributed by atoms with Gasteiger partial charge in [-0.15, -0.1) is 0 Å². The standard InChI is InChI=1S/C13H17NS/c1-9(2)15-8-11-7-14-12-6-4-5-10(3)13(11)12/h4-7,9,14H,8H2,1-3H3. The maximum absolute atomic E-state index is 3.34. The van der Waals surface area contributed by atoms with Crippen LogP contribution in [-0.4, -0.2) is 10.2 Å². The van der Waals surface area contributed by atoms with E-state index in [1.165, 1.54) is 22.0 Å². The molecule has 80 valence electrons. The average molecular weight is 219 g/mol. The van der Waals surface area contributed by atoms with Gasteiger partial charge in [0, 0.05) is 22.9 Å². The summed E-state index contributed by atoms with van der Waals surface area (Å²) >= 11 is 1.99. The molecule has 0 spiro atoms. The van der Waals surface area contributed by atoms with Crippen molar-refractivity contribution < 1.29 is 0 Å². The van der Waals surface area contributed by atoms with Crippen LogP contribution in [0.25, 0.3) is 10.9 Å². The number of aromatic nitrogens is 1. The summed E-state index contributed by atoms with van der Waals surface area (Å²) in [7, 11) is 0. The van der Waals surface area contributed by atoms with E-state index in [0.29, 0.717) is 5.25 Å². The van der Waals surface area contributed by atoms with Crippen LogP contribution in [0.2, 0.25) is 0 Å². The molecule has 0 unspecified atom stereocenters. The molecule has 0 amide bonds. The van der Waals surface area contributed by atoms with Crippen molar-refractivity contribution in [1.82, 2.24) is 4.98 Å². The van der Waals surface area contributed by atoms with Crippen LogP contribution in [0.3, 0.4) is 0 Å². The Morgan fingerprint density at radius 2 is 2.13 bits per heavy atom. The van der Waals surface area contributed by atoms with Crippen molar-refractivity contribution in [3.63, 3.8) is 0 Å². The first-order valence-corrected chi connectivity index (χ1v) is 6.40. The largest absolute Gasteiger partial charge is 0.361 e. The summed E-state index contributed by atoms with van der Waals surface area (Å²) in [5.74, 6) is 1.10. The molecule has 0 aliphatic heterocycles. The molecule has 2 aromatic rings. The molecule has 0 aliphatic rings. The molecule has 0 fully saturated rings. The Balaban J connectivity index is 2.35. The molecular weight excluding hydrogens is 202 g/mol. The smallest absolute Gasteiger partial charge is 0.0459 e. The van der Waals surface area contributed by atoms with Crippen molar-refractivity contribution in [3.05, 3.63) is 35.5 Å². The molecule has 0 radical (unpaired) electrons. The van der Waals surface area contributed by atoms with E-state index in [1.807, 2.05) is 11.8 Å². The van der Waals surface area contributed by atoms with Crippen LogP contribution in [-0.2, 0) is 5.75 Å². The summed E-state index contributed by atoms with van der Waals surface area (Å²) in [4.78, 5) is 3.34. The first-order valence-electron chi connectivity index (χ1n) is 5.35. The number of hydrogen-bond donors (Lipinski definition) is 1. The first kappa shape index (κ1) is 10.6. The minimum Gasteiger partial charge on any atom is -0.361 e. The minimum atomic E-state index is 0.693. The minimum absolute atomic E-state index is 0.693. The van der Waals surface area contributed by atoms with Crippen LogP contribution in [0, 0.1) is 6.92 Å². The molecule has 0 saturated heterocycles. The lowest BCUT2D eigenvalue weighted by Crippen LogP contribution is -1.88. The van der Waals surface area contributed by atoms with Crippen LogP contribution in [0.4, 0.5) is 0 Å². The Kier molecular flexibility index (Phi) is 3.06. The molecule has 1 heterocycles. The van der Waals surface area contributed by atoms with Gasteiger partial charge < -0.3 is 4.98 Å². The van der Waals surface area contributed by atoms with E-state index in [4.69, 9.17) is 0 Å². The lowest BCUT2D eigenvalue weighted by Gasteiger charge is -2.04. The number of H-pyrrole nitrogens is 1. The fraction of sp³-hybridized carbons (Fsp3) is 0.385. The van der Waals surface area contributed by atoms with Crippen LogP contribution in [0.1, 0.15) is 25.0 Å². The lowest BCUT2D eigenvalue weighted by atomic mass is 10.1. The van der Waals surface area contributed by atoms with E-state index < -0.39 is 0 Å². The van der Waals surface area contributed by atoms with Gasteiger partial charge in [0.1, 0.15) is 0 Å². The summed E-state index contributed by atoms with van der Waals surface area (Å²) in [6.07, 6.45) is 2.15. The number of benzene rings is 1. The maximum Gasteiger partial charge on any atom is 0.0459 e. The second-order valence-electron chi connectivity index (χ2n) is 4.17. The van der Waals surface area contributed by atoms with Gasteiger partial charge in [-0.25, -0.2) is 0 Å². The number of nitrogens with one attached hydrogen (secondary N) is 1. The number of aryl methyl sites for hydroxylation is 1. The average Bonchev–Trinajstić information content (AvgIpc) is 2.59. The van der Waals surface area contributed by atoms with Crippen molar-refractivity contribution in [2.45, 2.75) is 31.8 Å². The highest BCUT2D eigenvalue weighted by molar-refractivity contribution is 7.99. The monoisotopic (exact) mass is 219 g/mol. The van der Waals surface area contributed by atoms with Gasteiger partial charge in [-0.2, -0.15) is 11.8 Å². The Bertz CT molecular complexity index is 457. The van der Waals surface area contributed by atoms with Crippen LogP contribution in [0.5, 0.6) is 0 Å². The van der Waals surface area contributed by atoms with Crippen LogP contribution < -0.4 is 0 Å². The summed E-state index contributed by atoms with van der Waals surface area (Å²) in [6.45, 7) is 6.67. The maximum atomic E-state index is 3.34. The van der Waals surface area contributed by atoms with Gasteiger partial charge in [-0.3, -0.25) is 0 Å². The van der Waals surface area contributed by atoms with Gasteiger partial charge in [-0.05, 0) is 29.4 Å². The lowest BCUT2D eigenvalue weighted by molar-refractivity contribution is 1.11.